The standard InChI is InChI=1S/C17H25N3O3S/c1-19(2)14-5-3-4-10-20(12-14)24(22,23)15-7-8-16-13(11-15)6-9-17(21)18-16/h7-8,11,14H,3-6,9-10,12H2,1-2H3,(H,18,21)/t14-/m0/s1. The van der Waals surface area contributed by atoms with Gasteiger partial charge in [-0.1, -0.05) is 6.42 Å². The van der Waals surface area contributed by atoms with E-state index in [0.29, 0.717) is 30.8 Å². The molecule has 0 spiro atoms. The normalized spacial score (nSPS) is 22.8. The second-order valence-electron chi connectivity index (χ2n) is 6.84. The number of aryl methyl sites for hydroxylation is 1. The molecule has 0 unspecified atom stereocenters. The largest absolute Gasteiger partial charge is 0.326 e. The number of fused-ring (bicyclic) bond motifs is 1. The molecule has 3 rings (SSSR count). The van der Waals surface area contributed by atoms with Crippen molar-refractivity contribution in [2.24, 2.45) is 0 Å². The van der Waals surface area contributed by atoms with Gasteiger partial charge in [0.1, 0.15) is 0 Å². The van der Waals surface area contributed by atoms with E-state index in [1.807, 2.05) is 14.1 Å². The van der Waals surface area contributed by atoms with Gasteiger partial charge < -0.3 is 10.2 Å². The van der Waals surface area contributed by atoms with Crippen molar-refractivity contribution in [1.29, 1.82) is 0 Å². The average molecular weight is 351 g/mol. The quantitative estimate of drug-likeness (QED) is 0.899. The number of hydrogen-bond acceptors (Lipinski definition) is 4. The van der Waals surface area contributed by atoms with E-state index in [-0.39, 0.29) is 11.9 Å². The molecule has 0 radical (unpaired) electrons. The minimum absolute atomic E-state index is 0.0144. The topological polar surface area (TPSA) is 69.7 Å². The van der Waals surface area contributed by atoms with Crippen molar-refractivity contribution < 1.29 is 13.2 Å². The van der Waals surface area contributed by atoms with Crippen LogP contribution in [-0.2, 0) is 21.2 Å². The molecule has 2 aliphatic heterocycles. The second-order valence-corrected chi connectivity index (χ2v) is 8.78. The lowest BCUT2D eigenvalue weighted by Crippen LogP contribution is -2.41. The summed E-state index contributed by atoms with van der Waals surface area (Å²) in [6.45, 7) is 1.10. The zero-order chi connectivity index (χ0) is 17.3. The highest BCUT2D eigenvalue weighted by Crippen LogP contribution is 2.28. The summed E-state index contributed by atoms with van der Waals surface area (Å²) in [6, 6.07) is 5.29. The van der Waals surface area contributed by atoms with Crippen LogP contribution in [0.1, 0.15) is 31.2 Å². The zero-order valence-electron chi connectivity index (χ0n) is 14.3. The summed E-state index contributed by atoms with van der Waals surface area (Å²) in [4.78, 5) is 13.9. The van der Waals surface area contributed by atoms with Crippen LogP contribution in [0.5, 0.6) is 0 Å². The van der Waals surface area contributed by atoms with Crippen LogP contribution in [0.3, 0.4) is 0 Å². The smallest absolute Gasteiger partial charge is 0.243 e. The number of anilines is 1. The highest BCUT2D eigenvalue weighted by molar-refractivity contribution is 7.89. The third-order valence-electron chi connectivity index (χ3n) is 4.95. The van der Waals surface area contributed by atoms with Gasteiger partial charge in [-0.25, -0.2) is 8.42 Å². The van der Waals surface area contributed by atoms with E-state index in [1.165, 1.54) is 0 Å². The number of amides is 1. The lowest BCUT2D eigenvalue weighted by molar-refractivity contribution is -0.116. The molecule has 1 atom stereocenters. The lowest BCUT2D eigenvalue weighted by Gasteiger charge is -2.28. The highest BCUT2D eigenvalue weighted by atomic mass is 32.2. The van der Waals surface area contributed by atoms with Crippen LogP contribution in [0, 0.1) is 0 Å². The van der Waals surface area contributed by atoms with Crippen LogP contribution in [0.25, 0.3) is 0 Å². The molecule has 2 heterocycles. The Morgan fingerprint density at radius 2 is 2.00 bits per heavy atom. The van der Waals surface area contributed by atoms with Gasteiger partial charge in [0, 0.05) is 31.2 Å². The van der Waals surface area contributed by atoms with Gasteiger partial charge in [0.05, 0.1) is 4.90 Å². The van der Waals surface area contributed by atoms with Crippen LogP contribution in [0.4, 0.5) is 5.69 Å². The minimum Gasteiger partial charge on any atom is -0.326 e. The Balaban J connectivity index is 1.88. The van der Waals surface area contributed by atoms with Crippen molar-refractivity contribution >= 4 is 21.6 Å². The Bertz CT molecular complexity index is 731. The van der Waals surface area contributed by atoms with E-state index in [0.717, 1.165) is 30.5 Å². The number of hydrogen-bond donors (Lipinski definition) is 1. The molecule has 0 bridgehead atoms. The van der Waals surface area contributed by atoms with Gasteiger partial charge in [0.2, 0.25) is 15.9 Å². The number of nitrogens with one attached hydrogen (secondary N) is 1. The maximum absolute atomic E-state index is 13.1. The van der Waals surface area contributed by atoms with Gasteiger partial charge in [-0.3, -0.25) is 4.79 Å². The number of carbonyl (C=O) groups is 1. The molecule has 1 N–H and O–H groups in total. The first-order chi connectivity index (χ1) is 11.4. The molecule has 1 fully saturated rings. The number of sulfonamides is 1. The van der Waals surface area contributed by atoms with Gasteiger partial charge in [-0.15, -0.1) is 0 Å². The van der Waals surface area contributed by atoms with E-state index in [1.54, 1.807) is 22.5 Å². The number of likely N-dealkylation sites (N-methyl/N-ethyl adjacent to an activating group) is 1. The van der Waals surface area contributed by atoms with Gasteiger partial charge >= 0.3 is 0 Å². The van der Waals surface area contributed by atoms with E-state index in [4.69, 9.17) is 0 Å². The number of nitrogens with zero attached hydrogens (tertiary/aromatic N) is 2. The molecule has 24 heavy (non-hydrogen) atoms. The van der Waals surface area contributed by atoms with Crippen LogP contribution in [0.15, 0.2) is 23.1 Å². The fourth-order valence-electron chi connectivity index (χ4n) is 3.39. The molecule has 0 saturated carbocycles. The van der Waals surface area contributed by atoms with Crippen molar-refractivity contribution in [3.8, 4) is 0 Å². The van der Waals surface area contributed by atoms with Crippen molar-refractivity contribution in [2.75, 3.05) is 32.5 Å². The molecule has 132 valence electrons. The molecule has 1 aromatic carbocycles. The predicted octanol–water partition coefficient (Wildman–Crippen LogP) is 1.68. The summed E-state index contributed by atoms with van der Waals surface area (Å²) in [5, 5.41) is 2.80. The maximum Gasteiger partial charge on any atom is 0.243 e. The Morgan fingerprint density at radius 1 is 1.21 bits per heavy atom. The summed E-state index contributed by atoms with van der Waals surface area (Å²) < 4.78 is 27.8. The summed E-state index contributed by atoms with van der Waals surface area (Å²) in [7, 11) is 0.500. The highest BCUT2D eigenvalue weighted by Gasteiger charge is 2.30. The Hall–Kier alpha value is -1.44. The summed E-state index contributed by atoms with van der Waals surface area (Å²) in [6.07, 6.45) is 3.96. The van der Waals surface area contributed by atoms with E-state index in [2.05, 4.69) is 10.2 Å². The summed E-state index contributed by atoms with van der Waals surface area (Å²) >= 11 is 0. The second kappa shape index (κ2) is 6.82. The summed E-state index contributed by atoms with van der Waals surface area (Å²) in [5.74, 6) is -0.0144. The van der Waals surface area contributed by atoms with Crippen LogP contribution < -0.4 is 5.32 Å². The van der Waals surface area contributed by atoms with Gasteiger partial charge in [0.25, 0.3) is 0 Å². The third kappa shape index (κ3) is 3.48. The van der Waals surface area contributed by atoms with Gasteiger partial charge in [-0.05, 0) is 57.1 Å². The van der Waals surface area contributed by atoms with E-state index in [9.17, 15) is 13.2 Å². The first kappa shape index (κ1) is 17.4. The average Bonchev–Trinajstić information content (AvgIpc) is 2.81. The Morgan fingerprint density at radius 3 is 2.75 bits per heavy atom. The van der Waals surface area contributed by atoms with Crippen molar-refractivity contribution in [2.45, 2.75) is 43.0 Å². The molecule has 1 saturated heterocycles. The number of benzene rings is 1. The number of carbonyl (C=O) groups excluding carboxylic acids is 1. The third-order valence-corrected chi connectivity index (χ3v) is 6.81. The van der Waals surface area contributed by atoms with Gasteiger partial charge in [-0.2, -0.15) is 4.31 Å². The van der Waals surface area contributed by atoms with E-state index >= 15 is 0 Å². The maximum atomic E-state index is 13.1. The monoisotopic (exact) mass is 351 g/mol. The first-order valence-electron chi connectivity index (χ1n) is 8.47. The fraction of sp³-hybridized carbons (Fsp3) is 0.588. The van der Waals surface area contributed by atoms with Crippen LogP contribution in [-0.4, -0.2) is 56.8 Å². The Labute approximate surface area is 143 Å². The van der Waals surface area contributed by atoms with Crippen LogP contribution in [0.2, 0.25) is 0 Å². The molecular formula is C17H25N3O3S. The molecule has 0 aliphatic carbocycles. The lowest BCUT2D eigenvalue weighted by atomic mass is 10.0. The molecule has 7 heteroatoms. The summed E-state index contributed by atoms with van der Waals surface area (Å²) in [5.41, 5.74) is 1.63. The van der Waals surface area contributed by atoms with Crippen molar-refractivity contribution in [3.05, 3.63) is 23.8 Å². The van der Waals surface area contributed by atoms with Crippen molar-refractivity contribution in [3.63, 3.8) is 0 Å². The molecule has 1 aromatic rings. The Kier molecular flexibility index (Phi) is 4.94. The molecule has 1 amide bonds. The minimum atomic E-state index is -3.50. The zero-order valence-corrected chi connectivity index (χ0v) is 15.1. The van der Waals surface area contributed by atoms with E-state index < -0.39 is 10.0 Å². The van der Waals surface area contributed by atoms with Crippen LogP contribution >= 0.6 is 0 Å². The van der Waals surface area contributed by atoms with Gasteiger partial charge in [0.15, 0.2) is 0 Å². The fourth-order valence-corrected chi connectivity index (χ4v) is 4.96. The SMILES string of the molecule is CN(C)[C@H]1CCCCN(S(=O)(=O)c2ccc3c(c2)CCC(=O)N3)C1. The molecular weight excluding hydrogens is 326 g/mol. The predicted molar refractivity (Wildman–Crippen MR) is 93.5 cm³/mol. The molecule has 2 aliphatic rings. The number of rotatable bonds is 3. The van der Waals surface area contributed by atoms with Crippen molar-refractivity contribution in [1.82, 2.24) is 9.21 Å². The molecule has 0 aromatic heterocycles. The first-order valence-corrected chi connectivity index (χ1v) is 9.91. The molecule has 6 nitrogen and oxygen atoms in total.